The van der Waals surface area contributed by atoms with Gasteiger partial charge >= 0.3 is 0 Å². The molecule has 1 atom stereocenters. The van der Waals surface area contributed by atoms with Gasteiger partial charge in [-0.2, -0.15) is 0 Å². The van der Waals surface area contributed by atoms with Crippen LogP contribution >= 0.6 is 11.3 Å². The second-order valence-electron chi connectivity index (χ2n) is 4.67. The molecule has 0 bridgehead atoms. The predicted octanol–water partition coefficient (Wildman–Crippen LogP) is 1.80. The highest BCUT2D eigenvalue weighted by Crippen LogP contribution is 2.30. The van der Waals surface area contributed by atoms with E-state index in [1.54, 1.807) is 6.07 Å². The Bertz CT molecular complexity index is 784. The average Bonchev–Trinajstić information content (AvgIpc) is 2.91. The molecule has 1 saturated heterocycles. The first-order chi connectivity index (χ1) is 9.43. The van der Waals surface area contributed by atoms with Crippen molar-refractivity contribution in [2.24, 2.45) is 0 Å². The van der Waals surface area contributed by atoms with E-state index in [2.05, 4.69) is 10.3 Å². The summed E-state index contributed by atoms with van der Waals surface area (Å²) < 4.78 is 23.5. The van der Waals surface area contributed by atoms with Crippen LogP contribution in [-0.2, 0) is 9.84 Å². The molecule has 2 heterocycles. The molecule has 0 amide bonds. The van der Waals surface area contributed by atoms with Crippen molar-refractivity contribution in [1.82, 2.24) is 4.98 Å². The Kier molecular flexibility index (Phi) is 3.09. The van der Waals surface area contributed by atoms with Crippen molar-refractivity contribution in [1.29, 1.82) is 0 Å². The van der Waals surface area contributed by atoms with Crippen molar-refractivity contribution in [3.05, 3.63) is 28.3 Å². The molecule has 0 radical (unpaired) electrons. The van der Waals surface area contributed by atoms with Gasteiger partial charge in [-0.05, 0) is 12.5 Å². The average molecular weight is 313 g/mol. The number of nitrogens with one attached hydrogen (secondary N) is 1. The fourth-order valence-electron chi connectivity index (χ4n) is 2.17. The van der Waals surface area contributed by atoms with Crippen LogP contribution in [0.25, 0.3) is 10.2 Å². The van der Waals surface area contributed by atoms with Crippen molar-refractivity contribution in [3.63, 3.8) is 0 Å². The standard InChI is InChI=1S/C11H11N3O4S2/c15-14(16)8-1-2-9-10(5-8)19-11(13-9)12-7-3-4-20(17,18)6-7/h1-2,5,7H,3-4,6H2,(H,12,13)/t7-/m1/s1. The van der Waals surface area contributed by atoms with Crippen molar-refractivity contribution >= 4 is 42.2 Å². The number of thiazole rings is 1. The maximum absolute atomic E-state index is 11.4. The summed E-state index contributed by atoms with van der Waals surface area (Å²) in [6.07, 6.45) is 0.568. The predicted molar refractivity (Wildman–Crippen MR) is 77.0 cm³/mol. The molecule has 0 saturated carbocycles. The van der Waals surface area contributed by atoms with E-state index >= 15 is 0 Å². The SMILES string of the molecule is O=[N+]([O-])c1ccc2nc(N[C@@H]3CCS(=O)(=O)C3)sc2c1. The van der Waals surface area contributed by atoms with Gasteiger partial charge in [-0.3, -0.25) is 10.1 Å². The van der Waals surface area contributed by atoms with E-state index in [-0.39, 0.29) is 23.2 Å². The number of hydrogen-bond acceptors (Lipinski definition) is 7. The van der Waals surface area contributed by atoms with Gasteiger partial charge in [0.1, 0.15) is 0 Å². The van der Waals surface area contributed by atoms with Crippen LogP contribution in [0.5, 0.6) is 0 Å². The van der Waals surface area contributed by atoms with Gasteiger partial charge in [-0.1, -0.05) is 11.3 Å². The number of rotatable bonds is 3. The van der Waals surface area contributed by atoms with E-state index in [0.29, 0.717) is 21.8 Å². The Morgan fingerprint density at radius 3 is 2.90 bits per heavy atom. The summed E-state index contributed by atoms with van der Waals surface area (Å²) in [5.41, 5.74) is 0.695. The Hall–Kier alpha value is -1.74. The van der Waals surface area contributed by atoms with Gasteiger partial charge < -0.3 is 5.32 Å². The summed E-state index contributed by atoms with van der Waals surface area (Å²) in [5, 5.41) is 14.4. The third-order valence-corrected chi connectivity index (χ3v) is 5.86. The summed E-state index contributed by atoms with van der Waals surface area (Å²) in [5.74, 6) is 0.310. The first-order valence-electron chi connectivity index (χ1n) is 5.95. The second-order valence-corrected chi connectivity index (χ2v) is 7.93. The lowest BCUT2D eigenvalue weighted by Crippen LogP contribution is -2.20. The van der Waals surface area contributed by atoms with Crippen molar-refractivity contribution in [2.75, 3.05) is 16.8 Å². The zero-order valence-electron chi connectivity index (χ0n) is 10.3. The lowest BCUT2D eigenvalue weighted by Gasteiger charge is -2.07. The second kappa shape index (κ2) is 4.67. The van der Waals surface area contributed by atoms with Gasteiger partial charge in [0.05, 0.1) is 26.6 Å². The molecule has 2 aromatic rings. The molecule has 1 fully saturated rings. The molecule has 0 unspecified atom stereocenters. The number of hydrogen-bond donors (Lipinski definition) is 1. The van der Waals surface area contributed by atoms with Crippen molar-refractivity contribution < 1.29 is 13.3 Å². The third-order valence-electron chi connectivity index (χ3n) is 3.14. The van der Waals surface area contributed by atoms with Crippen LogP contribution in [0.4, 0.5) is 10.8 Å². The van der Waals surface area contributed by atoms with Crippen LogP contribution in [0.3, 0.4) is 0 Å². The van der Waals surface area contributed by atoms with E-state index in [1.165, 1.54) is 23.5 Å². The smallest absolute Gasteiger partial charge is 0.270 e. The number of nitro groups is 1. The summed E-state index contributed by atoms with van der Waals surface area (Å²) >= 11 is 1.29. The number of sulfone groups is 1. The van der Waals surface area contributed by atoms with Gasteiger partial charge in [-0.15, -0.1) is 0 Å². The quantitative estimate of drug-likeness (QED) is 0.684. The molecular weight excluding hydrogens is 302 g/mol. The Morgan fingerprint density at radius 1 is 1.45 bits per heavy atom. The van der Waals surface area contributed by atoms with E-state index < -0.39 is 14.8 Å². The molecule has 106 valence electrons. The fourth-order valence-corrected chi connectivity index (χ4v) is 4.82. The minimum Gasteiger partial charge on any atom is -0.358 e. The summed E-state index contributed by atoms with van der Waals surface area (Å²) in [4.78, 5) is 14.6. The topological polar surface area (TPSA) is 102 Å². The Labute approximate surface area is 118 Å². The molecule has 1 aliphatic heterocycles. The van der Waals surface area contributed by atoms with E-state index in [9.17, 15) is 18.5 Å². The molecule has 3 rings (SSSR count). The fraction of sp³-hybridized carbons (Fsp3) is 0.364. The van der Waals surface area contributed by atoms with Crippen LogP contribution in [0.1, 0.15) is 6.42 Å². The van der Waals surface area contributed by atoms with Gasteiger partial charge in [0.15, 0.2) is 15.0 Å². The van der Waals surface area contributed by atoms with E-state index in [1.807, 2.05) is 0 Å². The minimum atomic E-state index is -2.94. The normalized spacial score (nSPS) is 21.1. The van der Waals surface area contributed by atoms with Gasteiger partial charge in [0, 0.05) is 18.2 Å². The number of nitrogens with zero attached hydrogens (tertiary/aromatic N) is 2. The molecule has 20 heavy (non-hydrogen) atoms. The van der Waals surface area contributed by atoms with E-state index in [4.69, 9.17) is 0 Å². The van der Waals surface area contributed by atoms with Gasteiger partial charge in [-0.25, -0.2) is 13.4 Å². The van der Waals surface area contributed by atoms with Crippen LogP contribution in [0.2, 0.25) is 0 Å². The largest absolute Gasteiger partial charge is 0.358 e. The first kappa shape index (κ1) is 13.3. The number of fused-ring (bicyclic) bond motifs is 1. The summed E-state index contributed by atoms with van der Waals surface area (Å²) in [7, 11) is -2.94. The lowest BCUT2D eigenvalue weighted by molar-refractivity contribution is -0.384. The zero-order chi connectivity index (χ0) is 14.3. The van der Waals surface area contributed by atoms with Gasteiger partial charge in [0.25, 0.3) is 5.69 Å². The molecule has 0 spiro atoms. The molecule has 1 aromatic heterocycles. The van der Waals surface area contributed by atoms with Gasteiger partial charge in [0.2, 0.25) is 0 Å². The number of anilines is 1. The van der Waals surface area contributed by atoms with Crippen molar-refractivity contribution in [3.8, 4) is 0 Å². The number of nitro benzene ring substituents is 1. The van der Waals surface area contributed by atoms with Crippen LogP contribution in [0.15, 0.2) is 18.2 Å². The molecule has 1 aromatic carbocycles. The molecular formula is C11H11N3O4S2. The molecule has 1 N–H and O–H groups in total. The highest BCUT2D eigenvalue weighted by molar-refractivity contribution is 7.91. The summed E-state index contributed by atoms with van der Waals surface area (Å²) in [6.45, 7) is 0. The highest BCUT2D eigenvalue weighted by atomic mass is 32.2. The maximum atomic E-state index is 11.4. The van der Waals surface area contributed by atoms with Crippen molar-refractivity contribution in [2.45, 2.75) is 12.5 Å². The maximum Gasteiger partial charge on any atom is 0.270 e. The van der Waals surface area contributed by atoms with E-state index in [0.717, 1.165) is 0 Å². The summed E-state index contributed by atoms with van der Waals surface area (Å²) in [6, 6.07) is 4.35. The Balaban J connectivity index is 1.84. The zero-order valence-corrected chi connectivity index (χ0v) is 11.9. The minimum absolute atomic E-state index is 0.0242. The number of benzene rings is 1. The molecule has 1 aliphatic rings. The third kappa shape index (κ3) is 2.59. The number of non-ortho nitro benzene ring substituents is 1. The van der Waals surface area contributed by atoms with Crippen LogP contribution in [0, 0.1) is 10.1 Å². The lowest BCUT2D eigenvalue weighted by atomic mass is 10.3. The molecule has 0 aliphatic carbocycles. The highest BCUT2D eigenvalue weighted by Gasteiger charge is 2.28. The first-order valence-corrected chi connectivity index (χ1v) is 8.59. The molecule has 9 heteroatoms. The number of aromatic nitrogens is 1. The Morgan fingerprint density at radius 2 is 2.25 bits per heavy atom. The van der Waals surface area contributed by atoms with Crippen LogP contribution in [-0.4, -0.2) is 35.9 Å². The van der Waals surface area contributed by atoms with Crippen LogP contribution < -0.4 is 5.32 Å². The molecule has 7 nitrogen and oxygen atoms in total. The monoisotopic (exact) mass is 313 g/mol.